The van der Waals surface area contributed by atoms with E-state index in [0.29, 0.717) is 0 Å². The molecule has 2 heterocycles. The van der Waals surface area contributed by atoms with Crippen LogP contribution in [-0.2, 0) is 6.54 Å². The Hall–Kier alpha value is -1.33. The fourth-order valence-corrected chi connectivity index (χ4v) is 2.09. The predicted octanol–water partition coefficient (Wildman–Crippen LogP) is 2.09. The first kappa shape index (κ1) is 11.2. The summed E-state index contributed by atoms with van der Waals surface area (Å²) in [6, 6.07) is 0.193. The highest BCUT2D eigenvalue weighted by atomic mass is 32.1. The molecule has 0 aliphatic heterocycles. The molecule has 0 amide bonds. The molecule has 0 aromatic carbocycles. The van der Waals surface area contributed by atoms with Crippen molar-refractivity contribution in [1.82, 2.24) is 20.3 Å². The number of hydrogen-bond donors (Lipinski definition) is 1. The molecule has 0 aliphatic rings. The summed E-state index contributed by atoms with van der Waals surface area (Å²) in [7, 11) is 0. The average Bonchev–Trinajstić information content (AvgIpc) is 2.73. The molecule has 5 heteroatoms. The number of hydrogen-bond acceptors (Lipinski definition) is 5. The predicted molar refractivity (Wildman–Crippen MR) is 64.1 cm³/mol. The average molecular weight is 234 g/mol. The Kier molecular flexibility index (Phi) is 3.58. The Morgan fingerprint density at radius 1 is 1.44 bits per heavy atom. The summed E-state index contributed by atoms with van der Waals surface area (Å²) in [5.41, 5.74) is 2.03. The van der Waals surface area contributed by atoms with E-state index in [1.165, 1.54) is 0 Å². The van der Waals surface area contributed by atoms with Gasteiger partial charge in [-0.3, -0.25) is 9.97 Å². The largest absolute Gasteiger partial charge is 0.302 e. The van der Waals surface area contributed by atoms with E-state index in [0.717, 1.165) is 22.9 Å². The van der Waals surface area contributed by atoms with E-state index in [9.17, 15) is 0 Å². The second-order valence-electron chi connectivity index (χ2n) is 3.62. The van der Waals surface area contributed by atoms with E-state index in [1.54, 1.807) is 29.9 Å². The van der Waals surface area contributed by atoms with Crippen LogP contribution in [0.3, 0.4) is 0 Å². The lowest BCUT2D eigenvalue weighted by Crippen LogP contribution is -2.19. The highest BCUT2D eigenvalue weighted by molar-refractivity contribution is 7.09. The van der Waals surface area contributed by atoms with Crippen molar-refractivity contribution in [3.8, 4) is 0 Å². The molecule has 0 saturated carbocycles. The summed E-state index contributed by atoms with van der Waals surface area (Å²) in [5, 5.41) is 6.54. The zero-order valence-electron chi connectivity index (χ0n) is 9.34. The van der Waals surface area contributed by atoms with Crippen LogP contribution < -0.4 is 5.32 Å². The van der Waals surface area contributed by atoms with Gasteiger partial charge >= 0.3 is 0 Å². The number of aryl methyl sites for hydroxylation is 1. The lowest BCUT2D eigenvalue weighted by atomic mass is 10.2. The monoisotopic (exact) mass is 234 g/mol. The van der Waals surface area contributed by atoms with Crippen molar-refractivity contribution in [1.29, 1.82) is 0 Å². The topological polar surface area (TPSA) is 50.7 Å². The third kappa shape index (κ3) is 2.84. The van der Waals surface area contributed by atoms with Crippen molar-refractivity contribution in [3.05, 3.63) is 40.4 Å². The molecular weight excluding hydrogens is 220 g/mol. The normalized spacial score (nSPS) is 12.6. The first-order valence-electron chi connectivity index (χ1n) is 5.16. The molecular formula is C11H14N4S. The van der Waals surface area contributed by atoms with Gasteiger partial charge in [0, 0.05) is 42.3 Å². The molecule has 2 aromatic heterocycles. The van der Waals surface area contributed by atoms with Gasteiger partial charge in [-0.05, 0) is 13.8 Å². The van der Waals surface area contributed by atoms with E-state index in [4.69, 9.17) is 0 Å². The van der Waals surface area contributed by atoms with Gasteiger partial charge in [-0.2, -0.15) is 0 Å². The maximum atomic E-state index is 4.40. The van der Waals surface area contributed by atoms with Crippen molar-refractivity contribution < 1.29 is 0 Å². The van der Waals surface area contributed by atoms with Gasteiger partial charge in [-0.1, -0.05) is 0 Å². The van der Waals surface area contributed by atoms with Crippen LogP contribution in [0.5, 0.6) is 0 Å². The molecule has 1 unspecified atom stereocenters. The summed E-state index contributed by atoms with van der Waals surface area (Å²) in [6.45, 7) is 4.85. The van der Waals surface area contributed by atoms with Crippen molar-refractivity contribution in [2.45, 2.75) is 26.4 Å². The molecule has 0 bridgehead atoms. The van der Waals surface area contributed by atoms with Crippen molar-refractivity contribution in [2.24, 2.45) is 0 Å². The number of nitrogens with zero attached hydrogens (tertiary/aromatic N) is 3. The zero-order chi connectivity index (χ0) is 11.4. The number of aromatic nitrogens is 3. The van der Waals surface area contributed by atoms with Gasteiger partial charge in [0.25, 0.3) is 0 Å². The molecule has 2 aromatic rings. The highest BCUT2D eigenvalue weighted by Gasteiger charge is 2.07. The maximum Gasteiger partial charge on any atom is 0.107 e. The third-order valence-electron chi connectivity index (χ3n) is 2.25. The molecule has 0 fully saturated rings. The van der Waals surface area contributed by atoms with Crippen LogP contribution in [-0.4, -0.2) is 15.0 Å². The standard InChI is InChI=1S/C11H14N4S/c1-8-7-16-11(15-8)6-14-9(2)10-5-12-3-4-13-10/h3-5,7,9,14H,6H2,1-2H3. The van der Waals surface area contributed by atoms with Crippen molar-refractivity contribution in [3.63, 3.8) is 0 Å². The van der Waals surface area contributed by atoms with E-state index in [2.05, 4.69) is 32.6 Å². The SMILES string of the molecule is Cc1csc(CNC(C)c2cnccn2)n1. The van der Waals surface area contributed by atoms with Gasteiger partial charge in [0.1, 0.15) is 5.01 Å². The summed E-state index contributed by atoms with van der Waals surface area (Å²) >= 11 is 1.68. The minimum atomic E-state index is 0.193. The maximum absolute atomic E-state index is 4.40. The molecule has 16 heavy (non-hydrogen) atoms. The van der Waals surface area contributed by atoms with Gasteiger partial charge in [-0.15, -0.1) is 11.3 Å². The Balaban J connectivity index is 1.91. The van der Waals surface area contributed by atoms with Crippen LogP contribution in [0.25, 0.3) is 0 Å². The summed E-state index contributed by atoms with van der Waals surface area (Å²) < 4.78 is 0. The fourth-order valence-electron chi connectivity index (χ4n) is 1.36. The van der Waals surface area contributed by atoms with Gasteiger partial charge in [0.05, 0.1) is 5.69 Å². The molecule has 1 atom stereocenters. The Labute approximate surface area is 98.8 Å². The lowest BCUT2D eigenvalue weighted by Gasteiger charge is -2.11. The first-order chi connectivity index (χ1) is 7.75. The Morgan fingerprint density at radius 3 is 2.94 bits per heavy atom. The molecule has 2 rings (SSSR count). The van der Waals surface area contributed by atoms with Crippen LogP contribution in [0.4, 0.5) is 0 Å². The van der Waals surface area contributed by atoms with Crippen LogP contribution in [0.15, 0.2) is 24.0 Å². The summed E-state index contributed by atoms with van der Waals surface area (Å²) in [4.78, 5) is 12.7. The van der Waals surface area contributed by atoms with Gasteiger partial charge in [-0.25, -0.2) is 4.98 Å². The molecule has 0 aliphatic carbocycles. The van der Waals surface area contributed by atoms with Gasteiger partial charge in [0.15, 0.2) is 0 Å². The first-order valence-corrected chi connectivity index (χ1v) is 6.04. The highest BCUT2D eigenvalue weighted by Crippen LogP contribution is 2.11. The molecule has 1 N–H and O–H groups in total. The summed E-state index contributed by atoms with van der Waals surface area (Å²) in [5.74, 6) is 0. The molecule has 0 spiro atoms. The van der Waals surface area contributed by atoms with E-state index in [-0.39, 0.29) is 6.04 Å². The van der Waals surface area contributed by atoms with Gasteiger partial charge in [0.2, 0.25) is 0 Å². The minimum Gasteiger partial charge on any atom is -0.302 e. The van der Waals surface area contributed by atoms with Crippen LogP contribution >= 0.6 is 11.3 Å². The second-order valence-corrected chi connectivity index (χ2v) is 4.56. The molecule has 4 nitrogen and oxygen atoms in total. The fraction of sp³-hybridized carbons (Fsp3) is 0.364. The lowest BCUT2D eigenvalue weighted by molar-refractivity contribution is 0.557. The van der Waals surface area contributed by atoms with Crippen molar-refractivity contribution >= 4 is 11.3 Å². The minimum absolute atomic E-state index is 0.193. The molecule has 84 valence electrons. The van der Waals surface area contributed by atoms with E-state index >= 15 is 0 Å². The van der Waals surface area contributed by atoms with Crippen LogP contribution in [0, 0.1) is 6.92 Å². The Bertz CT molecular complexity index is 440. The summed E-state index contributed by atoms with van der Waals surface area (Å²) in [6.07, 6.45) is 5.17. The zero-order valence-corrected chi connectivity index (χ0v) is 10.2. The quantitative estimate of drug-likeness (QED) is 0.880. The van der Waals surface area contributed by atoms with Crippen molar-refractivity contribution in [2.75, 3.05) is 0 Å². The van der Waals surface area contributed by atoms with Crippen LogP contribution in [0.1, 0.15) is 29.4 Å². The number of nitrogens with one attached hydrogen (secondary N) is 1. The van der Waals surface area contributed by atoms with E-state index < -0.39 is 0 Å². The van der Waals surface area contributed by atoms with Crippen LogP contribution in [0.2, 0.25) is 0 Å². The smallest absolute Gasteiger partial charge is 0.107 e. The third-order valence-corrected chi connectivity index (χ3v) is 3.22. The van der Waals surface area contributed by atoms with Gasteiger partial charge < -0.3 is 5.32 Å². The second kappa shape index (κ2) is 5.14. The number of rotatable bonds is 4. The number of thiazole rings is 1. The molecule has 0 saturated heterocycles. The Morgan fingerprint density at radius 2 is 2.31 bits per heavy atom. The molecule has 0 radical (unpaired) electrons. The van der Waals surface area contributed by atoms with E-state index in [1.807, 2.05) is 6.92 Å².